The third-order valence-corrected chi connectivity index (χ3v) is 2.52. The first-order chi connectivity index (χ1) is 7.34. The van der Waals surface area contributed by atoms with Gasteiger partial charge in [0.2, 0.25) is 0 Å². The van der Waals surface area contributed by atoms with Crippen LogP contribution >= 0.6 is 0 Å². The number of hydrogen-bond donors (Lipinski definition) is 0. The molecule has 0 amide bonds. The largest absolute Gasteiger partial charge is 0.493 e. The second kappa shape index (κ2) is 7.33. The van der Waals surface area contributed by atoms with Gasteiger partial charge in [0.05, 0.1) is 6.61 Å². The van der Waals surface area contributed by atoms with Crippen molar-refractivity contribution >= 4 is 0 Å². The van der Waals surface area contributed by atoms with Crippen molar-refractivity contribution in [3.63, 3.8) is 0 Å². The molecule has 0 aromatic heterocycles. The standard InChI is InChI=1S/C14H21O/c1-3-4-5-6-9-12-15-14-11-8-7-10-13(14)2/h8,10-11H,3-6,9,12H2,1-2H3. The minimum absolute atomic E-state index is 0.842. The van der Waals surface area contributed by atoms with E-state index in [9.17, 15) is 0 Å². The fourth-order valence-corrected chi connectivity index (χ4v) is 1.55. The van der Waals surface area contributed by atoms with E-state index in [0.29, 0.717) is 0 Å². The van der Waals surface area contributed by atoms with E-state index in [0.717, 1.165) is 18.8 Å². The molecule has 1 heteroatoms. The van der Waals surface area contributed by atoms with Crippen molar-refractivity contribution in [1.29, 1.82) is 0 Å². The van der Waals surface area contributed by atoms with E-state index in [2.05, 4.69) is 19.9 Å². The zero-order valence-corrected chi connectivity index (χ0v) is 9.88. The molecule has 1 nitrogen and oxygen atoms in total. The number of aryl methyl sites for hydroxylation is 1. The Hall–Kier alpha value is -0.980. The van der Waals surface area contributed by atoms with Gasteiger partial charge in [-0.15, -0.1) is 0 Å². The van der Waals surface area contributed by atoms with Crippen molar-refractivity contribution < 1.29 is 4.74 Å². The number of hydrogen-bond acceptors (Lipinski definition) is 1. The third-order valence-electron chi connectivity index (χ3n) is 2.52. The van der Waals surface area contributed by atoms with E-state index in [1.54, 1.807) is 0 Å². The van der Waals surface area contributed by atoms with Gasteiger partial charge in [-0.1, -0.05) is 38.7 Å². The minimum Gasteiger partial charge on any atom is -0.493 e. The van der Waals surface area contributed by atoms with Crippen molar-refractivity contribution in [2.45, 2.75) is 46.0 Å². The molecular formula is C14H21O. The van der Waals surface area contributed by atoms with E-state index in [1.165, 1.54) is 31.2 Å². The monoisotopic (exact) mass is 205 g/mol. The lowest BCUT2D eigenvalue weighted by atomic mass is 10.2. The summed E-state index contributed by atoms with van der Waals surface area (Å²) < 4.78 is 5.70. The van der Waals surface area contributed by atoms with Crippen LogP contribution in [0.2, 0.25) is 0 Å². The Bertz CT molecular complexity index is 268. The first-order valence-electron chi connectivity index (χ1n) is 5.94. The van der Waals surface area contributed by atoms with Crippen LogP contribution in [-0.4, -0.2) is 6.61 Å². The van der Waals surface area contributed by atoms with Crippen molar-refractivity contribution in [2.24, 2.45) is 0 Å². The summed E-state index contributed by atoms with van der Waals surface area (Å²) in [6.07, 6.45) is 6.43. The lowest BCUT2D eigenvalue weighted by Crippen LogP contribution is -1.98. The summed E-state index contributed by atoms with van der Waals surface area (Å²) in [5.41, 5.74) is 1.17. The molecule has 0 aliphatic rings. The first kappa shape index (κ1) is 12.1. The van der Waals surface area contributed by atoms with Gasteiger partial charge in [-0.25, -0.2) is 0 Å². The predicted octanol–water partition coefficient (Wildman–Crippen LogP) is 4.14. The normalized spacial score (nSPS) is 10.3. The molecule has 0 aliphatic carbocycles. The lowest BCUT2D eigenvalue weighted by Gasteiger charge is -2.08. The molecule has 1 radical (unpaired) electrons. The zero-order chi connectivity index (χ0) is 10.9. The molecule has 0 saturated carbocycles. The van der Waals surface area contributed by atoms with Crippen LogP contribution in [0.1, 0.15) is 44.6 Å². The predicted molar refractivity (Wildman–Crippen MR) is 64.3 cm³/mol. The maximum atomic E-state index is 5.70. The zero-order valence-electron chi connectivity index (χ0n) is 9.88. The van der Waals surface area contributed by atoms with Gasteiger partial charge in [-0.3, -0.25) is 0 Å². The molecule has 15 heavy (non-hydrogen) atoms. The van der Waals surface area contributed by atoms with Gasteiger partial charge in [0, 0.05) is 0 Å². The summed E-state index contributed by atoms with van der Waals surface area (Å²) in [7, 11) is 0. The summed E-state index contributed by atoms with van der Waals surface area (Å²) in [6, 6.07) is 8.89. The first-order valence-corrected chi connectivity index (χ1v) is 5.94. The summed E-state index contributed by atoms with van der Waals surface area (Å²) in [4.78, 5) is 0. The van der Waals surface area contributed by atoms with Crippen LogP contribution in [0.25, 0.3) is 0 Å². The van der Waals surface area contributed by atoms with Crippen molar-refractivity contribution in [3.8, 4) is 5.75 Å². The maximum Gasteiger partial charge on any atom is 0.122 e. The quantitative estimate of drug-likeness (QED) is 0.608. The Kier molecular flexibility index (Phi) is 5.91. The fourth-order valence-electron chi connectivity index (χ4n) is 1.55. The molecule has 1 aromatic rings. The molecule has 0 bridgehead atoms. The van der Waals surface area contributed by atoms with Crippen LogP contribution in [-0.2, 0) is 0 Å². The number of rotatable bonds is 7. The van der Waals surface area contributed by atoms with E-state index >= 15 is 0 Å². The van der Waals surface area contributed by atoms with Gasteiger partial charge in [0.1, 0.15) is 5.75 Å². The van der Waals surface area contributed by atoms with Crippen LogP contribution in [0.3, 0.4) is 0 Å². The van der Waals surface area contributed by atoms with Gasteiger partial charge in [0.15, 0.2) is 0 Å². The summed E-state index contributed by atoms with van der Waals surface area (Å²) in [5, 5.41) is 0. The Morgan fingerprint density at radius 3 is 2.73 bits per heavy atom. The number of benzene rings is 1. The fraction of sp³-hybridized carbons (Fsp3) is 0.571. The van der Waals surface area contributed by atoms with Gasteiger partial charge in [-0.05, 0) is 37.1 Å². The van der Waals surface area contributed by atoms with Gasteiger partial charge < -0.3 is 4.74 Å². The third kappa shape index (κ3) is 4.87. The Morgan fingerprint density at radius 1 is 1.20 bits per heavy atom. The molecule has 0 saturated heterocycles. The molecule has 1 rings (SSSR count). The summed E-state index contributed by atoms with van der Waals surface area (Å²) in [5.74, 6) is 1.00. The average molecular weight is 205 g/mol. The van der Waals surface area contributed by atoms with Crippen LogP contribution in [0.15, 0.2) is 18.2 Å². The van der Waals surface area contributed by atoms with Crippen LogP contribution in [0.4, 0.5) is 0 Å². The van der Waals surface area contributed by atoms with E-state index in [1.807, 2.05) is 18.2 Å². The lowest BCUT2D eigenvalue weighted by molar-refractivity contribution is 0.302. The number of ether oxygens (including phenoxy) is 1. The molecule has 0 atom stereocenters. The average Bonchev–Trinajstić information content (AvgIpc) is 2.25. The smallest absolute Gasteiger partial charge is 0.122 e. The molecule has 0 N–H and O–H groups in total. The van der Waals surface area contributed by atoms with Crippen LogP contribution in [0, 0.1) is 13.0 Å². The van der Waals surface area contributed by atoms with Gasteiger partial charge >= 0.3 is 0 Å². The highest BCUT2D eigenvalue weighted by molar-refractivity contribution is 5.31. The van der Waals surface area contributed by atoms with Crippen LogP contribution < -0.4 is 4.74 Å². The molecule has 83 valence electrons. The van der Waals surface area contributed by atoms with E-state index in [4.69, 9.17) is 4.74 Å². The highest BCUT2D eigenvalue weighted by Gasteiger charge is 1.96. The SMILES string of the molecule is CCCCCCCOc1cc[c]cc1C. The Labute approximate surface area is 93.5 Å². The Morgan fingerprint density at radius 2 is 2.00 bits per heavy atom. The highest BCUT2D eigenvalue weighted by atomic mass is 16.5. The second-order valence-corrected chi connectivity index (χ2v) is 3.95. The highest BCUT2D eigenvalue weighted by Crippen LogP contribution is 2.16. The molecule has 0 aliphatic heterocycles. The number of unbranched alkanes of at least 4 members (excludes halogenated alkanes) is 4. The minimum atomic E-state index is 0.842. The topological polar surface area (TPSA) is 9.23 Å². The molecule has 1 aromatic carbocycles. The van der Waals surface area contributed by atoms with Gasteiger partial charge in [-0.2, -0.15) is 0 Å². The molecule has 0 heterocycles. The molecular weight excluding hydrogens is 184 g/mol. The van der Waals surface area contributed by atoms with Crippen molar-refractivity contribution in [1.82, 2.24) is 0 Å². The van der Waals surface area contributed by atoms with Crippen molar-refractivity contribution in [2.75, 3.05) is 6.61 Å². The second-order valence-electron chi connectivity index (χ2n) is 3.95. The molecule has 0 unspecified atom stereocenters. The van der Waals surface area contributed by atoms with E-state index < -0.39 is 0 Å². The van der Waals surface area contributed by atoms with Crippen LogP contribution in [0.5, 0.6) is 5.75 Å². The van der Waals surface area contributed by atoms with E-state index in [-0.39, 0.29) is 0 Å². The Balaban J connectivity index is 2.12. The maximum absolute atomic E-state index is 5.70. The van der Waals surface area contributed by atoms with Crippen molar-refractivity contribution in [3.05, 3.63) is 29.8 Å². The van der Waals surface area contributed by atoms with Gasteiger partial charge in [0.25, 0.3) is 0 Å². The summed E-state index contributed by atoms with van der Waals surface area (Å²) in [6.45, 7) is 5.14. The molecule has 0 spiro atoms. The molecule has 0 fully saturated rings. The summed E-state index contributed by atoms with van der Waals surface area (Å²) >= 11 is 0.